The molecule has 0 spiro atoms. The maximum absolute atomic E-state index is 11.0. The Morgan fingerprint density at radius 1 is 1.03 bits per heavy atom. The van der Waals surface area contributed by atoms with Gasteiger partial charge in [-0.1, -0.05) is 11.6 Å². The molecule has 0 fully saturated rings. The Kier molecular flexibility index (Phi) is 12.2. The van der Waals surface area contributed by atoms with Crippen LogP contribution in [0.15, 0.2) is 30.5 Å². The molecule has 0 amide bonds. The molecule has 2 heterocycles. The van der Waals surface area contributed by atoms with Crippen LogP contribution in [0, 0.1) is 13.8 Å². The highest BCUT2D eigenvalue weighted by Gasteiger charge is 2.19. The molecule has 0 aliphatic rings. The first-order chi connectivity index (χ1) is 13.3. The molecule has 0 aromatic carbocycles. The summed E-state index contributed by atoms with van der Waals surface area (Å²) in [4.78, 5) is 25.8. The monoisotopic (exact) mass is 505 g/mol. The summed E-state index contributed by atoms with van der Waals surface area (Å²) in [7, 11) is 2.57. The van der Waals surface area contributed by atoms with E-state index < -0.39 is 17.1 Å². The molecule has 0 bridgehead atoms. The molecule has 0 saturated carbocycles. The van der Waals surface area contributed by atoms with Crippen LogP contribution in [0.1, 0.15) is 32.1 Å². The normalized spacial score (nSPS) is 9.93. The Labute approximate surface area is 187 Å². The molecule has 8 nitrogen and oxygen atoms in total. The summed E-state index contributed by atoms with van der Waals surface area (Å²) in [5, 5.41) is 6.23. The first kappa shape index (κ1) is 27.4. The van der Waals surface area contributed by atoms with Crippen LogP contribution in [-0.4, -0.2) is 36.3 Å². The van der Waals surface area contributed by atoms with Gasteiger partial charge in [-0.15, -0.1) is 0 Å². The van der Waals surface area contributed by atoms with E-state index in [0.717, 1.165) is 15.9 Å². The zero-order chi connectivity index (χ0) is 22.8. The molecule has 2 aromatic rings. The number of halogens is 4. The van der Waals surface area contributed by atoms with Crippen molar-refractivity contribution in [1.82, 2.24) is 4.98 Å². The number of aromatic nitrogens is 2. The summed E-state index contributed by atoms with van der Waals surface area (Å²) in [5.41, 5.74) is 2.14. The predicted octanol–water partition coefficient (Wildman–Crippen LogP) is 4.95. The minimum atomic E-state index is -3.22. The fourth-order valence-electron chi connectivity index (χ4n) is 1.69. The van der Waals surface area contributed by atoms with E-state index in [1.165, 1.54) is 20.4 Å². The maximum Gasteiger partial charge on any atom is 0.408 e. The Balaban J connectivity index is 0.000000442. The first-order valence-corrected chi connectivity index (χ1v) is 12.3. The molecule has 0 saturated heterocycles. The van der Waals surface area contributed by atoms with Crippen molar-refractivity contribution in [2.24, 2.45) is 0 Å². The van der Waals surface area contributed by atoms with Crippen molar-refractivity contribution in [3.05, 3.63) is 58.1 Å². The molecule has 0 unspecified atom stereocenters. The van der Waals surface area contributed by atoms with Crippen molar-refractivity contribution in [2.75, 3.05) is 14.2 Å². The van der Waals surface area contributed by atoms with Crippen LogP contribution in [0.2, 0.25) is 5.15 Å². The third-order valence-corrected chi connectivity index (χ3v) is 3.01. The van der Waals surface area contributed by atoms with Crippen molar-refractivity contribution < 1.29 is 33.6 Å². The highest BCUT2D eigenvalue weighted by Crippen LogP contribution is 2.61. The lowest BCUT2D eigenvalue weighted by Gasteiger charge is -1.99. The summed E-state index contributed by atoms with van der Waals surface area (Å²) in [6.07, 6.45) is 1.39. The highest BCUT2D eigenvalue weighted by molar-refractivity contribution is 8.24. The van der Waals surface area contributed by atoms with Crippen LogP contribution in [0.5, 0.6) is 0 Å². The fourth-order valence-corrected chi connectivity index (χ4v) is 1.95. The number of pyridine rings is 2. The molecule has 13 heteroatoms. The van der Waals surface area contributed by atoms with E-state index in [-0.39, 0.29) is 11.4 Å². The first-order valence-electron chi connectivity index (χ1n) is 7.49. The number of aryl methyl sites for hydroxylation is 2. The molecule has 0 atom stereocenters. The number of carbonyl (C=O) groups is 2. The molecule has 2 aromatic heterocycles. The van der Waals surface area contributed by atoms with Gasteiger partial charge < -0.3 is 9.47 Å². The SMILES string of the molecule is COC(=O)c1cc(C)cc(Cl)n1.COC(=O)c1cc(C)cc[n+]1O.O=P(Cl)(Cl)Cl. The van der Waals surface area contributed by atoms with Gasteiger partial charge in [-0.05, 0) is 70.8 Å². The summed E-state index contributed by atoms with van der Waals surface area (Å²) in [6.45, 7) is 3.66. The average molecular weight is 507 g/mol. The number of nitrogens with zero attached hydrogens (tertiary/aromatic N) is 2. The topological polar surface area (TPSA) is 107 Å². The molecule has 160 valence electrons. The van der Waals surface area contributed by atoms with Gasteiger partial charge in [0, 0.05) is 16.9 Å². The van der Waals surface area contributed by atoms with Crippen LogP contribution in [-0.2, 0) is 14.0 Å². The second-order valence-corrected chi connectivity index (χ2v) is 12.2. The number of esters is 2. The van der Waals surface area contributed by atoms with Crippen LogP contribution in [0.3, 0.4) is 0 Å². The summed E-state index contributed by atoms with van der Waals surface area (Å²) in [6, 6.07) is 6.53. The third kappa shape index (κ3) is 12.6. The number of hydrogen-bond acceptors (Lipinski definition) is 7. The van der Waals surface area contributed by atoms with E-state index in [9.17, 15) is 14.2 Å². The second-order valence-electron chi connectivity index (χ2n) is 5.17. The molecular weight excluding hydrogens is 489 g/mol. The van der Waals surface area contributed by atoms with E-state index >= 15 is 0 Å². The van der Waals surface area contributed by atoms with E-state index in [4.69, 9.17) is 16.8 Å². The van der Waals surface area contributed by atoms with Gasteiger partial charge in [0.1, 0.15) is 10.8 Å². The third-order valence-electron chi connectivity index (χ3n) is 2.82. The molecule has 29 heavy (non-hydrogen) atoms. The Hall–Kier alpha value is -1.57. The molecule has 1 N–H and O–H groups in total. The van der Waals surface area contributed by atoms with Gasteiger partial charge in [-0.25, -0.2) is 14.6 Å². The lowest BCUT2D eigenvalue weighted by atomic mass is 10.2. The molecular formula is C16H18Cl4N2O6P+. The molecule has 2 rings (SSSR count). The number of ether oxygens (including phenoxy) is 2. The van der Waals surface area contributed by atoms with Crippen molar-refractivity contribution in [3.63, 3.8) is 0 Å². The summed E-state index contributed by atoms with van der Waals surface area (Å²) >= 11 is 19.5. The van der Waals surface area contributed by atoms with Crippen LogP contribution < -0.4 is 4.73 Å². The van der Waals surface area contributed by atoms with Gasteiger partial charge in [-0.2, -0.15) is 0 Å². The maximum atomic E-state index is 11.0. The second kappa shape index (κ2) is 12.9. The van der Waals surface area contributed by atoms with E-state index in [0.29, 0.717) is 5.15 Å². The largest absolute Gasteiger partial charge is 0.464 e. The van der Waals surface area contributed by atoms with Crippen molar-refractivity contribution in [1.29, 1.82) is 0 Å². The standard InChI is InChI=1S/C8H8ClNO2.C8H10NO3.Cl3OP/c1-5-3-6(8(11)12-2)10-7(9)4-5;1-6-3-4-9(11)7(5-6)8(10)12-2;1-5(2,3)4/h3-4H,1-2H3;3-5,11H,1-2H3;/q;+1;. The summed E-state index contributed by atoms with van der Waals surface area (Å²) in [5.74, 6) is -1.03. The zero-order valence-electron chi connectivity index (χ0n) is 15.7. The van der Waals surface area contributed by atoms with Crippen molar-refractivity contribution in [2.45, 2.75) is 13.8 Å². The Bertz CT molecular complexity index is 878. The molecule has 0 aliphatic carbocycles. The van der Waals surface area contributed by atoms with Gasteiger partial charge in [-0.3, -0.25) is 9.77 Å². The van der Waals surface area contributed by atoms with Gasteiger partial charge in [0.2, 0.25) is 6.20 Å². The molecule has 0 radical (unpaired) electrons. The average Bonchev–Trinajstić information content (AvgIpc) is 2.60. The number of carbonyl (C=O) groups excluding carboxylic acids is 2. The van der Waals surface area contributed by atoms with E-state index in [1.807, 2.05) is 13.8 Å². The van der Waals surface area contributed by atoms with Crippen molar-refractivity contribution >= 4 is 62.5 Å². The number of methoxy groups -OCH3 is 2. The van der Waals surface area contributed by atoms with E-state index in [2.05, 4.69) is 48.2 Å². The minimum absolute atomic E-state index is 0.123. The van der Waals surface area contributed by atoms with Gasteiger partial charge in [0.25, 0.3) is 0 Å². The van der Waals surface area contributed by atoms with Crippen LogP contribution >= 0.6 is 50.5 Å². The van der Waals surface area contributed by atoms with Crippen molar-refractivity contribution in [3.8, 4) is 0 Å². The summed E-state index contributed by atoms with van der Waals surface area (Å²) < 4.78 is 19.2. The van der Waals surface area contributed by atoms with E-state index in [1.54, 1.807) is 24.3 Å². The highest BCUT2D eigenvalue weighted by atomic mass is 36.0. The lowest BCUT2D eigenvalue weighted by Crippen LogP contribution is -2.37. The van der Waals surface area contributed by atoms with Gasteiger partial charge >= 0.3 is 22.8 Å². The molecule has 0 aliphatic heterocycles. The van der Waals surface area contributed by atoms with Crippen LogP contribution in [0.25, 0.3) is 0 Å². The number of hydrogen-bond donors (Lipinski definition) is 1. The fraction of sp³-hybridized carbons (Fsp3) is 0.250. The zero-order valence-corrected chi connectivity index (χ0v) is 19.6. The lowest BCUT2D eigenvalue weighted by molar-refractivity contribution is -0.906. The number of rotatable bonds is 2. The Morgan fingerprint density at radius 2 is 1.55 bits per heavy atom. The van der Waals surface area contributed by atoms with Crippen LogP contribution in [0.4, 0.5) is 0 Å². The van der Waals surface area contributed by atoms with Gasteiger partial charge in [0.15, 0.2) is 0 Å². The smallest absolute Gasteiger partial charge is 0.408 e. The minimum Gasteiger partial charge on any atom is -0.464 e. The Morgan fingerprint density at radius 3 is 2.00 bits per heavy atom. The predicted molar refractivity (Wildman–Crippen MR) is 110 cm³/mol. The van der Waals surface area contributed by atoms with Gasteiger partial charge in [0.05, 0.1) is 14.2 Å². The quantitative estimate of drug-likeness (QED) is 0.202.